The number of Topliss-reactive ketones (excluding diaryl/α,β-unsaturated/α-hetero) is 1. The second-order valence-corrected chi connectivity index (χ2v) is 8.25. The minimum Gasteiger partial charge on any atom is -0.469 e. The van der Waals surface area contributed by atoms with Crippen molar-refractivity contribution in [1.29, 1.82) is 0 Å². The van der Waals surface area contributed by atoms with Crippen LogP contribution in [0.4, 0.5) is 0 Å². The number of cyclic esters (lactones) is 1. The van der Waals surface area contributed by atoms with Gasteiger partial charge in [-0.3, -0.25) is 9.59 Å². The minimum absolute atomic E-state index is 0.107. The molecule has 0 radical (unpaired) electrons. The molecule has 1 heterocycles. The first-order valence-corrected chi connectivity index (χ1v) is 9.30. The van der Waals surface area contributed by atoms with E-state index in [4.69, 9.17) is 9.47 Å². The molecular formula is C20H28O5. The molecule has 2 aliphatic carbocycles. The molecule has 3 rings (SSSR count). The number of hydrogen-bond donors (Lipinski definition) is 0. The maximum absolute atomic E-state index is 12.7. The van der Waals surface area contributed by atoms with Gasteiger partial charge in [-0.05, 0) is 56.4 Å². The quantitative estimate of drug-likeness (QED) is 0.730. The van der Waals surface area contributed by atoms with E-state index in [9.17, 15) is 14.4 Å². The third-order valence-electron chi connectivity index (χ3n) is 7.00. The highest BCUT2D eigenvalue weighted by Crippen LogP contribution is 2.60. The lowest BCUT2D eigenvalue weighted by molar-refractivity contribution is -0.173. The summed E-state index contributed by atoms with van der Waals surface area (Å²) in [5.41, 5.74) is -0.0451. The predicted octanol–water partition coefficient (Wildman–Crippen LogP) is 3.21. The zero-order valence-corrected chi connectivity index (χ0v) is 15.4. The lowest BCUT2D eigenvalue weighted by Gasteiger charge is -2.56. The molecule has 5 nitrogen and oxygen atoms in total. The first-order chi connectivity index (χ1) is 11.8. The minimum atomic E-state index is -0.522. The van der Waals surface area contributed by atoms with E-state index in [0.29, 0.717) is 31.4 Å². The van der Waals surface area contributed by atoms with Crippen molar-refractivity contribution in [3.05, 3.63) is 11.6 Å². The molecule has 138 valence electrons. The highest BCUT2D eigenvalue weighted by molar-refractivity contribution is 5.90. The molecule has 0 aromatic heterocycles. The van der Waals surface area contributed by atoms with Gasteiger partial charge in [-0.1, -0.05) is 13.3 Å². The first-order valence-electron chi connectivity index (χ1n) is 9.30. The number of carbonyl (C=O) groups is 3. The van der Waals surface area contributed by atoms with Crippen molar-refractivity contribution in [2.75, 3.05) is 13.7 Å². The molecule has 0 aromatic rings. The van der Waals surface area contributed by atoms with Gasteiger partial charge >= 0.3 is 11.9 Å². The first kappa shape index (κ1) is 18.2. The van der Waals surface area contributed by atoms with Crippen molar-refractivity contribution >= 4 is 17.7 Å². The lowest BCUT2D eigenvalue weighted by atomic mass is 9.47. The van der Waals surface area contributed by atoms with E-state index in [1.54, 1.807) is 0 Å². The summed E-state index contributed by atoms with van der Waals surface area (Å²) in [4.78, 5) is 36.9. The lowest BCUT2D eigenvalue weighted by Crippen LogP contribution is -2.55. The zero-order chi connectivity index (χ0) is 18.2. The summed E-state index contributed by atoms with van der Waals surface area (Å²) in [6.07, 6.45) is 7.00. The van der Waals surface area contributed by atoms with Crippen LogP contribution >= 0.6 is 0 Å². The van der Waals surface area contributed by atoms with Crippen molar-refractivity contribution in [3.63, 3.8) is 0 Å². The highest BCUT2D eigenvalue weighted by atomic mass is 16.5. The average Bonchev–Trinajstić information content (AvgIpc) is 2.98. The van der Waals surface area contributed by atoms with Crippen molar-refractivity contribution in [2.24, 2.45) is 22.7 Å². The Morgan fingerprint density at radius 3 is 2.72 bits per heavy atom. The number of ketones is 1. The Morgan fingerprint density at radius 2 is 2.08 bits per heavy atom. The number of hydrogen-bond acceptors (Lipinski definition) is 5. The molecule has 25 heavy (non-hydrogen) atoms. The van der Waals surface area contributed by atoms with E-state index in [2.05, 4.69) is 6.92 Å². The molecule has 4 atom stereocenters. The fourth-order valence-corrected chi connectivity index (χ4v) is 5.67. The molecule has 2 saturated carbocycles. The summed E-state index contributed by atoms with van der Waals surface area (Å²) in [7, 11) is 1.45. The van der Waals surface area contributed by atoms with E-state index in [0.717, 1.165) is 25.7 Å². The second-order valence-electron chi connectivity index (χ2n) is 8.25. The normalized spacial score (nSPS) is 38.0. The zero-order valence-electron chi connectivity index (χ0n) is 15.4. The number of fused-ring (bicyclic) bond motifs is 1. The number of esters is 2. The van der Waals surface area contributed by atoms with Gasteiger partial charge in [0.1, 0.15) is 12.4 Å². The van der Waals surface area contributed by atoms with Crippen LogP contribution in [0.5, 0.6) is 0 Å². The average molecular weight is 348 g/mol. The fourth-order valence-electron chi connectivity index (χ4n) is 5.67. The molecule has 0 amide bonds. The van der Waals surface area contributed by atoms with Crippen LogP contribution in [-0.4, -0.2) is 31.4 Å². The Kier molecular flexibility index (Phi) is 4.78. The molecular weight excluding hydrogens is 320 g/mol. The van der Waals surface area contributed by atoms with Crippen molar-refractivity contribution < 1.29 is 23.9 Å². The molecule has 0 aromatic carbocycles. The SMILES string of the molecule is COC(=O)[C@@]1(C)CCC[C@@]2(C)C1CCC(=O)[C@@H]2CCC1=CCOC1=O. The largest absolute Gasteiger partial charge is 0.469 e. The van der Waals surface area contributed by atoms with Crippen molar-refractivity contribution in [3.8, 4) is 0 Å². The molecule has 2 fully saturated rings. The van der Waals surface area contributed by atoms with Crippen molar-refractivity contribution in [1.82, 2.24) is 0 Å². The molecule has 0 saturated heterocycles. The second kappa shape index (κ2) is 6.58. The van der Waals surface area contributed by atoms with E-state index in [1.165, 1.54) is 7.11 Å². The Morgan fingerprint density at radius 1 is 1.32 bits per heavy atom. The van der Waals surface area contributed by atoms with Crippen LogP contribution in [0.15, 0.2) is 11.6 Å². The Hall–Kier alpha value is -1.65. The van der Waals surface area contributed by atoms with Crippen molar-refractivity contribution in [2.45, 2.75) is 58.8 Å². The van der Waals surface area contributed by atoms with Gasteiger partial charge < -0.3 is 9.47 Å². The maximum Gasteiger partial charge on any atom is 0.334 e. The molecule has 0 bridgehead atoms. The summed E-state index contributed by atoms with van der Waals surface area (Å²) in [6.45, 7) is 4.51. The Labute approximate surface area is 149 Å². The monoisotopic (exact) mass is 348 g/mol. The molecule has 3 aliphatic rings. The van der Waals surface area contributed by atoms with Gasteiger partial charge in [0.05, 0.1) is 12.5 Å². The molecule has 1 unspecified atom stereocenters. The van der Waals surface area contributed by atoms with Crippen LogP contribution in [0.2, 0.25) is 0 Å². The van der Waals surface area contributed by atoms with Crippen LogP contribution in [0, 0.1) is 22.7 Å². The third-order valence-corrected chi connectivity index (χ3v) is 7.00. The summed E-state index contributed by atoms with van der Waals surface area (Å²) in [5, 5.41) is 0. The summed E-state index contributed by atoms with van der Waals surface area (Å²) < 4.78 is 10.1. The van der Waals surface area contributed by atoms with Crippen LogP contribution in [0.1, 0.15) is 58.8 Å². The van der Waals surface area contributed by atoms with E-state index in [-0.39, 0.29) is 35.0 Å². The standard InChI is InChI=1S/C20H28O5/c1-19-10-4-11-20(2,18(23)24-3)16(19)8-7-15(21)14(19)6-5-13-9-12-25-17(13)22/h9,14,16H,4-8,10-12H2,1-3H3/t14-,16?,19+,20-/m0/s1. The van der Waals surface area contributed by atoms with Crippen LogP contribution < -0.4 is 0 Å². The molecule has 0 N–H and O–H groups in total. The molecule has 1 aliphatic heterocycles. The highest BCUT2D eigenvalue weighted by Gasteiger charge is 2.58. The van der Waals surface area contributed by atoms with Gasteiger partial charge in [0, 0.05) is 17.9 Å². The van der Waals surface area contributed by atoms with Crippen LogP contribution in [0.25, 0.3) is 0 Å². The Balaban J connectivity index is 1.84. The van der Waals surface area contributed by atoms with Crippen LogP contribution in [-0.2, 0) is 23.9 Å². The van der Waals surface area contributed by atoms with Gasteiger partial charge in [0.2, 0.25) is 0 Å². The van der Waals surface area contributed by atoms with Gasteiger partial charge in [0.25, 0.3) is 0 Å². The van der Waals surface area contributed by atoms with Gasteiger partial charge in [-0.25, -0.2) is 4.79 Å². The topological polar surface area (TPSA) is 69.7 Å². The summed E-state index contributed by atoms with van der Waals surface area (Å²) in [5.74, 6) is -0.0929. The summed E-state index contributed by atoms with van der Waals surface area (Å²) >= 11 is 0. The summed E-state index contributed by atoms with van der Waals surface area (Å²) in [6, 6.07) is 0. The Bertz CT molecular complexity index is 622. The van der Waals surface area contributed by atoms with Crippen LogP contribution in [0.3, 0.4) is 0 Å². The number of ether oxygens (including phenoxy) is 2. The van der Waals surface area contributed by atoms with Gasteiger partial charge in [-0.15, -0.1) is 0 Å². The number of carbonyl (C=O) groups excluding carboxylic acids is 3. The van der Waals surface area contributed by atoms with Gasteiger partial charge in [0.15, 0.2) is 0 Å². The van der Waals surface area contributed by atoms with Gasteiger partial charge in [-0.2, -0.15) is 0 Å². The fraction of sp³-hybridized carbons (Fsp3) is 0.750. The predicted molar refractivity (Wildman–Crippen MR) is 91.6 cm³/mol. The van der Waals surface area contributed by atoms with E-state index >= 15 is 0 Å². The van der Waals surface area contributed by atoms with E-state index in [1.807, 2.05) is 13.0 Å². The number of rotatable bonds is 4. The van der Waals surface area contributed by atoms with E-state index < -0.39 is 5.41 Å². The third kappa shape index (κ3) is 2.91. The smallest absolute Gasteiger partial charge is 0.334 e. The maximum atomic E-state index is 12.7. The molecule has 5 heteroatoms. The number of methoxy groups -OCH3 is 1. The molecule has 0 spiro atoms.